The lowest BCUT2D eigenvalue weighted by molar-refractivity contribution is -0.134. The van der Waals surface area contributed by atoms with Gasteiger partial charge < -0.3 is 14.1 Å². The van der Waals surface area contributed by atoms with Crippen LogP contribution >= 0.6 is 11.6 Å². The number of carbonyl (C=O) groups excluding carboxylic acids is 1. The summed E-state index contributed by atoms with van der Waals surface area (Å²) in [7, 11) is 0. The van der Waals surface area contributed by atoms with Gasteiger partial charge in [-0.3, -0.25) is 4.79 Å². The molecule has 1 fully saturated rings. The summed E-state index contributed by atoms with van der Waals surface area (Å²) in [5.41, 5.74) is 1.89. The van der Waals surface area contributed by atoms with E-state index in [1.807, 2.05) is 53.4 Å². The number of rotatable bonds is 6. The first-order valence-corrected chi connectivity index (χ1v) is 11.3. The third-order valence-electron chi connectivity index (χ3n) is 5.83. The Morgan fingerprint density at radius 2 is 1.97 bits per heavy atom. The van der Waals surface area contributed by atoms with Gasteiger partial charge in [0.1, 0.15) is 12.1 Å². The number of likely N-dealkylation sites (tertiary alicyclic amines) is 1. The highest BCUT2D eigenvalue weighted by molar-refractivity contribution is 6.30. The molecule has 1 atom stereocenters. The van der Waals surface area contributed by atoms with Gasteiger partial charge in [0.15, 0.2) is 12.5 Å². The van der Waals surface area contributed by atoms with Crippen LogP contribution in [-0.2, 0) is 11.2 Å². The van der Waals surface area contributed by atoms with E-state index >= 15 is 0 Å². The van der Waals surface area contributed by atoms with Gasteiger partial charge in [-0.25, -0.2) is 15.0 Å². The van der Waals surface area contributed by atoms with E-state index in [0.717, 1.165) is 35.1 Å². The van der Waals surface area contributed by atoms with Gasteiger partial charge in [0.05, 0.1) is 23.0 Å². The number of hydrogen-bond acceptors (Lipinski definition) is 6. The molecule has 0 bridgehead atoms. The number of carbonyl (C=O) groups is 1. The molecule has 0 spiro atoms. The smallest absolute Gasteiger partial charge is 0.260 e. The monoisotopic (exact) mass is 462 g/mol. The Bertz CT molecular complexity index is 1250. The average molecular weight is 463 g/mol. The molecule has 0 saturated carbocycles. The highest BCUT2D eigenvalue weighted by Crippen LogP contribution is 2.28. The zero-order chi connectivity index (χ0) is 22.6. The van der Waals surface area contributed by atoms with Gasteiger partial charge in [0.2, 0.25) is 5.88 Å². The van der Waals surface area contributed by atoms with Crippen molar-refractivity contribution in [2.75, 3.05) is 19.7 Å². The number of benzene rings is 2. The summed E-state index contributed by atoms with van der Waals surface area (Å²) in [6.07, 6.45) is 5.70. The number of amides is 1. The van der Waals surface area contributed by atoms with Crippen LogP contribution in [0.3, 0.4) is 0 Å². The summed E-state index contributed by atoms with van der Waals surface area (Å²) in [5.74, 6) is 1.90. The van der Waals surface area contributed by atoms with Gasteiger partial charge in [-0.1, -0.05) is 35.9 Å². The first-order valence-electron chi connectivity index (χ1n) is 10.9. The lowest BCUT2D eigenvalue weighted by Crippen LogP contribution is -2.41. The fourth-order valence-corrected chi connectivity index (χ4v) is 4.24. The quantitative estimate of drug-likeness (QED) is 0.415. The van der Waals surface area contributed by atoms with Gasteiger partial charge in [-0.15, -0.1) is 0 Å². The first-order chi connectivity index (χ1) is 16.2. The molecule has 1 aliphatic heterocycles. The third-order valence-corrected chi connectivity index (χ3v) is 6.08. The van der Waals surface area contributed by atoms with E-state index < -0.39 is 0 Å². The predicted octanol–water partition coefficient (Wildman–Crippen LogP) is 4.65. The molecule has 1 saturated heterocycles. The Morgan fingerprint density at radius 1 is 1.12 bits per heavy atom. The third kappa shape index (κ3) is 4.98. The van der Waals surface area contributed by atoms with E-state index in [4.69, 9.17) is 20.8 Å². The predicted molar refractivity (Wildman–Crippen MR) is 124 cm³/mol. The topological polar surface area (TPSA) is 81.4 Å². The van der Waals surface area contributed by atoms with E-state index in [2.05, 4.69) is 15.0 Å². The minimum absolute atomic E-state index is 0.0683. The second kappa shape index (κ2) is 9.58. The summed E-state index contributed by atoms with van der Waals surface area (Å²) in [4.78, 5) is 27.6. The number of aromatic nitrogens is 3. The van der Waals surface area contributed by atoms with Crippen molar-refractivity contribution < 1.29 is 13.9 Å². The number of ether oxygens (including phenoxy) is 1. The summed E-state index contributed by atoms with van der Waals surface area (Å²) in [5, 5.41) is 1.50. The molecular formula is C25H23ClN4O3. The molecule has 7 nitrogen and oxygen atoms in total. The average Bonchev–Trinajstić information content (AvgIpc) is 3.32. The molecule has 2 aromatic carbocycles. The minimum Gasteiger partial charge on any atom is -0.467 e. The zero-order valence-electron chi connectivity index (χ0n) is 18.0. The number of hydrogen-bond donors (Lipinski definition) is 0. The lowest BCUT2D eigenvalue weighted by atomic mass is 9.98. The molecular weight excluding hydrogens is 440 g/mol. The largest absolute Gasteiger partial charge is 0.467 e. The Morgan fingerprint density at radius 3 is 2.85 bits per heavy atom. The van der Waals surface area contributed by atoms with Crippen molar-refractivity contribution >= 4 is 28.4 Å². The van der Waals surface area contributed by atoms with Crippen LogP contribution in [0.1, 0.15) is 36.0 Å². The van der Waals surface area contributed by atoms with Crippen LogP contribution in [-0.4, -0.2) is 45.5 Å². The molecule has 1 amide bonds. The van der Waals surface area contributed by atoms with Crippen molar-refractivity contribution in [3.63, 3.8) is 0 Å². The van der Waals surface area contributed by atoms with Crippen molar-refractivity contribution in [3.05, 3.63) is 83.3 Å². The standard InChI is InChI=1S/C25H23ClN4O3/c26-19-9-7-17(8-10-19)12-20-13-27-24(33-20)18-4-3-11-30(14-18)23(31)15-32-25-21-5-1-2-6-22(21)28-16-29-25/h1-2,5-10,13,16,18H,3-4,11-12,14-15H2/t18-/m0/s1. The van der Waals surface area contributed by atoms with Crippen molar-refractivity contribution in [1.82, 2.24) is 19.9 Å². The van der Waals surface area contributed by atoms with Gasteiger partial charge in [0, 0.05) is 24.5 Å². The molecule has 33 heavy (non-hydrogen) atoms. The fraction of sp³-hybridized carbons (Fsp3) is 0.280. The van der Waals surface area contributed by atoms with E-state index in [1.54, 1.807) is 6.20 Å². The first kappa shape index (κ1) is 21.4. The summed E-state index contributed by atoms with van der Waals surface area (Å²) in [6, 6.07) is 15.3. The summed E-state index contributed by atoms with van der Waals surface area (Å²) in [6.45, 7) is 1.19. The van der Waals surface area contributed by atoms with Crippen LogP contribution in [0.2, 0.25) is 5.02 Å². The Labute approximate surface area is 196 Å². The number of fused-ring (bicyclic) bond motifs is 1. The SMILES string of the molecule is O=C(COc1ncnc2ccccc12)N1CCC[C@H](c2ncc(Cc3ccc(Cl)cc3)o2)C1. The molecule has 0 N–H and O–H groups in total. The van der Waals surface area contributed by atoms with Crippen molar-refractivity contribution in [3.8, 4) is 5.88 Å². The second-order valence-corrected chi connectivity index (χ2v) is 8.57. The Balaban J connectivity index is 1.20. The Kier molecular flexibility index (Phi) is 6.21. The number of piperidine rings is 1. The minimum atomic E-state index is -0.0738. The van der Waals surface area contributed by atoms with Crippen LogP contribution < -0.4 is 4.74 Å². The van der Waals surface area contributed by atoms with Crippen LogP contribution in [0.5, 0.6) is 5.88 Å². The normalized spacial score (nSPS) is 16.2. The number of halogens is 1. The molecule has 0 aliphatic carbocycles. The van der Waals surface area contributed by atoms with Crippen molar-refractivity contribution in [2.24, 2.45) is 0 Å². The summed E-state index contributed by atoms with van der Waals surface area (Å²) < 4.78 is 11.8. The van der Waals surface area contributed by atoms with Crippen LogP contribution in [0.4, 0.5) is 0 Å². The van der Waals surface area contributed by atoms with Crippen molar-refractivity contribution in [2.45, 2.75) is 25.2 Å². The number of para-hydroxylation sites is 1. The maximum absolute atomic E-state index is 12.9. The summed E-state index contributed by atoms with van der Waals surface area (Å²) >= 11 is 5.96. The molecule has 2 aromatic heterocycles. The van der Waals surface area contributed by atoms with E-state index in [9.17, 15) is 4.79 Å². The molecule has 3 heterocycles. The molecule has 5 rings (SSSR count). The molecule has 0 radical (unpaired) electrons. The van der Waals surface area contributed by atoms with E-state index in [0.29, 0.717) is 36.3 Å². The van der Waals surface area contributed by atoms with Crippen LogP contribution in [0, 0.1) is 0 Å². The zero-order valence-corrected chi connectivity index (χ0v) is 18.7. The van der Waals surface area contributed by atoms with Crippen molar-refractivity contribution in [1.29, 1.82) is 0 Å². The maximum atomic E-state index is 12.9. The highest BCUT2D eigenvalue weighted by atomic mass is 35.5. The van der Waals surface area contributed by atoms with Gasteiger partial charge in [-0.05, 0) is 42.7 Å². The van der Waals surface area contributed by atoms with Crippen LogP contribution in [0.25, 0.3) is 10.9 Å². The highest BCUT2D eigenvalue weighted by Gasteiger charge is 2.28. The fourth-order valence-electron chi connectivity index (χ4n) is 4.12. The molecule has 168 valence electrons. The van der Waals surface area contributed by atoms with Gasteiger partial charge in [0.25, 0.3) is 5.91 Å². The van der Waals surface area contributed by atoms with Gasteiger partial charge >= 0.3 is 0 Å². The van der Waals surface area contributed by atoms with E-state index in [1.165, 1.54) is 6.33 Å². The molecule has 8 heteroatoms. The van der Waals surface area contributed by atoms with Crippen LogP contribution in [0.15, 0.2) is 65.5 Å². The molecule has 4 aromatic rings. The number of nitrogens with zero attached hydrogens (tertiary/aromatic N) is 4. The molecule has 1 aliphatic rings. The van der Waals surface area contributed by atoms with E-state index in [-0.39, 0.29) is 18.4 Å². The van der Waals surface area contributed by atoms with Gasteiger partial charge in [-0.2, -0.15) is 0 Å². The number of oxazole rings is 1. The maximum Gasteiger partial charge on any atom is 0.260 e. The lowest BCUT2D eigenvalue weighted by Gasteiger charge is -2.31. The molecule has 0 unspecified atom stereocenters. The Hall–Kier alpha value is -3.45. The second-order valence-electron chi connectivity index (χ2n) is 8.13.